The van der Waals surface area contributed by atoms with Gasteiger partial charge in [0, 0.05) is 75.5 Å². The van der Waals surface area contributed by atoms with Crippen LogP contribution in [0.15, 0.2) is 59.8 Å². The normalized spacial score (nSPS) is 22.2. The number of anilines is 3. The average molecular weight is 868 g/mol. The van der Waals surface area contributed by atoms with Gasteiger partial charge in [-0.15, -0.1) is 0 Å². The molecule has 9 rings (SSSR count). The molecule has 4 fully saturated rings. The van der Waals surface area contributed by atoms with Gasteiger partial charge in [0.05, 0.1) is 29.5 Å². The summed E-state index contributed by atoms with van der Waals surface area (Å²) in [6.07, 6.45) is 5.96. The Morgan fingerprint density at radius 3 is 2.33 bits per heavy atom. The van der Waals surface area contributed by atoms with Crippen molar-refractivity contribution < 1.29 is 27.6 Å². The summed E-state index contributed by atoms with van der Waals surface area (Å²) in [7, 11) is 3.36. The molecular weight excluding hydrogens is 816 g/mol. The smallest absolute Gasteiger partial charge is 0.324 e. The van der Waals surface area contributed by atoms with Crippen molar-refractivity contribution in [2.24, 2.45) is 20.0 Å². The van der Waals surface area contributed by atoms with Crippen LogP contribution in [0.3, 0.4) is 0 Å². The van der Waals surface area contributed by atoms with Crippen LogP contribution in [0.5, 0.6) is 0 Å². The largest absolute Gasteiger partial charge is 0.419 e. The van der Waals surface area contributed by atoms with E-state index >= 15 is 0 Å². The summed E-state index contributed by atoms with van der Waals surface area (Å²) in [6.45, 7) is 6.70. The van der Waals surface area contributed by atoms with Crippen LogP contribution < -0.4 is 21.2 Å². The number of carbonyl (C=O) groups is 3. The maximum Gasteiger partial charge on any atom is 0.419 e. The van der Waals surface area contributed by atoms with Crippen molar-refractivity contribution in [3.05, 3.63) is 82.2 Å². The van der Waals surface area contributed by atoms with Gasteiger partial charge in [0.15, 0.2) is 0 Å². The molecule has 3 amide bonds. The number of hydrogen-bond donors (Lipinski definition) is 2. The zero-order valence-electron chi connectivity index (χ0n) is 35.7. The first-order valence-corrected chi connectivity index (χ1v) is 21.8. The van der Waals surface area contributed by atoms with Crippen molar-refractivity contribution in [2.45, 2.75) is 82.5 Å². The molecule has 0 spiro atoms. The second-order valence-corrected chi connectivity index (χ2v) is 17.7. The lowest BCUT2D eigenvalue weighted by molar-refractivity contribution is -0.138. The Bertz CT molecular complexity index is 2620. The van der Waals surface area contributed by atoms with Crippen LogP contribution in [-0.4, -0.2) is 102 Å². The zero-order valence-corrected chi connectivity index (χ0v) is 35.7. The van der Waals surface area contributed by atoms with Crippen molar-refractivity contribution in [2.75, 3.05) is 49.5 Å². The van der Waals surface area contributed by atoms with Crippen LogP contribution in [-0.2, 0) is 34.7 Å². The van der Waals surface area contributed by atoms with Crippen molar-refractivity contribution >= 4 is 46.1 Å². The quantitative estimate of drug-likeness (QED) is 0.177. The molecular formula is C45H52F3N11O4. The number of rotatable bonds is 9. The van der Waals surface area contributed by atoms with E-state index in [1.54, 1.807) is 24.7 Å². The van der Waals surface area contributed by atoms with Gasteiger partial charge < -0.3 is 15.1 Å². The molecule has 0 radical (unpaired) electrons. The number of alkyl halides is 3. The highest BCUT2D eigenvalue weighted by molar-refractivity contribution is 6.00. The Labute approximate surface area is 362 Å². The monoisotopic (exact) mass is 867 g/mol. The third-order valence-electron chi connectivity index (χ3n) is 13.6. The summed E-state index contributed by atoms with van der Waals surface area (Å²) >= 11 is 0. The molecule has 332 valence electrons. The van der Waals surface area contributed by atoms with Gasteiger partial charge in [0.2, 0.25) is 23.7 Å². The number of fused-ring (bicyclic) bond motifs is 1. The number of nitrogens with one attached hydrogen (secondary N) is 2. The Kier molecular flexibility index (Phi) is 11.5. The van der Waals surface area contributed by atoms with Gasteiger partial charge in [0.25, 0.3) is 0 Å². The number of aryl methyl sites for hydroxylation is 3. The number of likely N-dealkylation sites (tertiary alicyclic amines) is 1. The van der Waals surface area contributed by atoms with E-state index in [0.29, 0.717) is 48.6 Å². The SMILES string of the molecule is Cc1cc(N2CCN(C3CCC(CN4CCC(c5ccc6c(c5)n(C)c(=O)n6C5CCC(=O)NC5=O)CC4)CC3)CC2=O)ccc1Nc1ncc(C(F)(F)F)c(-c2cnn(C)c2)n1. The van der Waals surface area contributed by atoms with Crippen molar-refractivity contribution in [1.82, 2.24) is 44.0 Å². The lowest BCUT2D eigenvalue weighted by Crippen LogP contribution is -2.54. The van der Waals surface area contributed by atoms with Gasteiger partial charge in [-0.25, -0.2) is 14.8 Å². The lowest BCUT2D eigenvalue weighted by atomic mass is 9.83. The highest BCUT2D eigenvalue weighted by Crippen LogP contribution is 2.38. The number of imide groups is 1. The molecule has 4 aliphatic rings. The predicted octanol–water partition coefficient (Wildman–Crippen LogP) is 5.67. The zero-order chi connectivity index (χ0) is 44.2. The lowest BCUT2D eigenvalue weighted by Gasteiger charge is -2.42. The summed E-state index contributed by atoms with van der Waals surface area (Å²) in [4.78, 5) is 66.1. The van der Waals surface area contributed by atoms with Crippen LogP contribution in [0.2, 0.25) is 0 Å². The number of carbonyl (C=O) groups excluding carboxylic acids is 3. The molecule has 3 saturated heterocycles. The molecule has 1 aliphatic carbocycles. The molecule has 1 unspecified atom stereocenters. The van der Waals surface area contributed by atoms with Gasteiger partial charge in [-0.3, -0.25) is 38.4 Å². The van der Waals surface area contributed by atoms with E-state index < -0.39 is 23.7 Å². The second kappa shape index (κ2) is 17.0. The van der Waals surface area contributed by atoms with Crippen molar-refractivity contribution in [1.29, 1.82) is 0 Å². The first kappa shape index (κ1) is 42.4. The van der Waals surface area contributed by atoms with E-state index in [2.05, 4.69) is 47.6 Å². The number of benzene rings is 2. The fraction of sp³-hybridized carbons (Fsp3) is 0.489. The first-order valence-electron chi connectivity index (χ1n) is 21.8. The Morgan fingerprint density at radius 2 is 1.65 bits per heavy atom. The topological polar surface area (TPSA) is 156 Å². The van der Waals surface area contributed by atoms with E-state index in [9.17, 15) is 32.3 Å². The van der Waals surface area contributed by atoms with Crippen molar-refractivity contribution in [3.8, 4) is 11.3 Å². The number of piperidine rings is 2. The number of piperazine rings is 1. The fourth-order valence-electron chi connectivity index (χ4n) is 10.1. The molecule has 6 heterocycles. The number of halogens is 3. The number of imidazole rings is 1. The summed E-state index contributed by atoms with van der Waals surface area (Å²) in [5.41, 5.74) is 3.69. The van der Waals surface area contributed by atoms with Crippen LogP contribution in [0.25, 0.3) is 22.3 Å². The van der Waals surface area contributed by atoms with E-state index in [4.69, 9.17) is 0 Å². The second-order valence-electron chi connectivity index (χ2n) is 17.7. The van der Waals surface area contributed by atoms with E-state index in [0.717, 1.165) is 87.7 Å². The van der Waals surface area contributed by atoms with E-state index in [-0.39, 0.29) is 41.1 Å². The Balaban J connectivity index is 0.747. The van der Waals surface area contributed by atoms with Crippen LogP contribution >= 0.6 is 0 Å². The standard InChI is InChI=1S/C45H52F3N11O4/c1-27-20-33(9-10-35(27)51-43-49-23-34(45(46,47)48)41(53-43)31-22-50-54(2)25-31)58-19-18-57(26-40(58)61)32-7-4-28(5-8-32)24-56-16-14-29(15-17-56)30-6-11-36-38(21-30)55(3)44(63)59(36)37-12-13-39(60)52-42(37)62/h6,9-11,20-23,25,28-29,32,37H,4-5,7-8,12-19,24,26H2,1-3H3,(H,49,51,53)(H,52,60,62). The van der Waals surface area contributed by atoms with Gasteiger partial charge >= 0.3 is 11.9 Å². The Morgan fingerprint density at radius 1 is 0.873 bits per heavy atom. The maximum absolute atomic E-state index is 13.8. The summed E-state index contributed by atoms with van der Waals surface area (Å²) < 4.78 is 46.0. The van der Waals surface area contributed by atoms with E-state index in [1.165, 1.54) is 27.2 Å². The number of amides is 3. The predicted molar refractivity (Wildman–Crippen MR) is 230 cm³/mol. The van der Waals surface area contributed by atoms with Crippen molar-refractivity contribution in [3.63, 3.8) is 0 Å². The highest BCUT2D eigenvalue weighted by atomic mass is 19.4. The van der Waals surface area contributed by atoms with Crippen LogP contribution in [0.1, 0.15) is 80.0 Å². The fourth-order valence-corrected chi connectivity index (χ4v) is 10.1. The third-order valence-corrected chi connectivity index (χ3v) is 13.6. The Hall–Kier alpha value is -5.88. The molecule has 5 aromatic rings. The molecule has 3 aromatic heterocycles. The number of hydrogen-bond acceptors (Lipinski definition) is 10. The molecule has 2 aromatic carbocycles. The molecule has 18 heteroatoms. The number of nitrogens with zero attached hydrogens (tertiary/aromatic N) is 9. The minimum Gasteiger partial charge on any atom is -0.324 e. The third kappa shape index (κ3) is 8.62. The summed E-state index contributed by atoms with van der Waals surface area (Å²) in [5.74, 6) is 0.346. The summed E-state index contributed by atoms with van der Waals surface area (Å²) in [6, 6.07) is 11.4. The van der Waals surface area contributed by atoms with Gasteiger partial charge in [-0.1, -0.05) is 6.07 Å². The molecule has 3 aliphatic heterocycles. The molecule has 1 saturated carbocycles. The molecule has 15 nitrogen and oxygen atoms in total. The van der Waals surface area contributed by atoms with E-state index in [1.807, 2.05) is 30.0 Å². The molecule has 1 atom stereocenters. The van der Waals surface area contributed by atoms with Gasteiger partial charge in [0.1, 0.15) is 11.6 Å². The maximum atomic E-state index is 13.8. The molecule has 63 heavy (non-hydrogen) atoms. The van der Waals surface area contributed by atoms with Crippen LogP contribution in [0.4, 0.5) is 30.5 Å². The highest BCUT2D eigenvalue weighted by Gasteiger charge is 2.37. The summed E-state index contributed by atoms with van der Waals surface area (Å²) in [5, 5.41) is 9.44. The number of aromatic nitrogens is 6. The molecule has 0 bridgehead atoms. The average Bonchev–Trinajstić information content (AvgIpc) is 3.80. The minimum atomic E-state index is -4.64. The van der Waals surface area contributed by atoms with Gasteiger partial charge in [-0.05, 0) is 118 Å². The first-order chi connectivity index (χ1) is 30.2. The minimum absolute atomic E-state index is 0.0186. The van der Waals surface area contributed by atoms with Gasteiger partial charge in [-0.2, -0.15) is 18.3 Å². The van der Waals surface area contributed by atoms with Crippen LogP contribution in [0, 0.1) is 12.8 Å². The molecule has 2 N–H and O–H groups in total.